The molecule has 0 saturated carbocycles. The van der Waals surface area contributed by atoms with Crippen LogP contribution in [0.1, 0.15) is 54.4 Å². The maximum Gasteiger partial charge on any atom is 0.340 e. The minimum atomic E-state index is -3.60. The Kier molecular flexibility index (Phi) is 6.95. The highest BCUT2D eigenvalue weighted by molar-refractivity contribution is 7.89. The third-order valence-corrected chi connectivity index (χ3v) is 7.52. The zero-order valence-electron chi connectivity index (χ0n) is 17.2. The van der Waals surface area contributed by atoms with Crippen LogP contribution in [0.25, 0.3) is 0 Å². The first-order chi connectivity index (χ1) is 14.2. The second kappa shape index (κ2) is 9.28. The lowest BCUT2D eigenvalue weighted by molar-refractivity contribution is -0.123. The number of rotatable bonds is 7. The topological polar surface area (TPSA) is 102 Å². The van der Waals surface area contributed by atoms with Crippen molar-refractivity contribution in [2.24, 2.45) is 0 Å². The lowest BCUT2D eigenvalue weighted by Crippen LogP contribution is -2.31. The maximum atomic E-state index is 12.5. The van der Waals surface area contributed by atoms with Gasteiger partial charge in [-0.1, -0.05) is 0 Å². The van der Waals surface area contributed by atoms with Crippen LogP contribution >= 0.6 is 11.3 Å². The number of carbonyl (C=O) groups excluding carboxylic acids is 2. The van der Waals surface area contributed by atoms with Crippen LogP contribution in [0.4, 0.5) is 5.69 Å². The first-order valence-corrected chi connectivity index (χ1v) is 12.3. The molecule has 0 spiro atoms. The van der Waals surface area contributed by atoms with Gasteiger partial charge < -0.3 is 10.1 Å². The molecule has 3 rings (SSSR count). The second-order valence-corrected chi connectivity index (χ2v) is 10.3. The molecule has 0 saturated heterocycles. The van der Waals surface area contributed by atoms with E-state index < -0.39 is 28.0 Å². The van der Waals surface area contributed by atoms with Crippen molar-refractivity contribution in [2.75, 3.05) is 5.32 Å². The molecule has 162 valence electrons. The molecule has 1 heterocycles. The number of benzene rings is 1. The van der Waals surface area contributed by atoms with E-state index in [4.69, 9.17) is 4.74 Å². The van der Waals surface area contributed by atoms with Crippen molar-refractivity contribution in [2.45, 2.75) is 63.5 Å². The Morgan fingerprint density at radius 3 is 2.40 bits per heavy atom. The molecular weight excluding hydrogens is 424 g/mol. The Morgan fingerprint density at radius 2 is 1.73 bits per heavy atom. The predicted octanol–water partition coefficient (Wildman–Crippen LogP) is 3.50. The molecule has 1 aliphatic rings. The molecule has 1 atom stereocenters. The molecule has 7 nitrogen and oxygen atoms in total. The lowest BCUT2D eigenvalue weighted by atomic mass is 9.96. The number of hydrogen-bond acceptors (Lipinski definition) is 6. The number of fused-ring (bicyclic) bond motifs is 1. The minimum absolute atomic E-state index is 0.107. The molecule has 9 heteroatoms. The zero-order valence-corrected chi connectivity index (χ0v) is 18.9. The average molecular weight is 451 g/mol. The molecule has 1 aromatic carbocycles. The smallest absolute Gasteiger partial charge is 0.340 e. The number of hydrogen-bond donors (Lipinski definition) is 2. The van der Waals surface area contributed by atoms with Gasteiger partial charge in [0.25, 0.3) is 5.91 Å². The van der Waals surface area contributed by atoms with E-state index in [0.29, 0.717) is 11.3 Å². The number of ether oxygens (including phenoxy) is 1. The summed E-state index contributed by atoms with van der Waals surface area (Å²) in [5.41, 5.74) is 2.02. The number of nitrogens with one attached hydrogen (secondary N) is 2. The molecule has 0 radical (unpaired) electrons. The van der Waals surface area contributed by atoms with E-state index in [1.54, 1.807) is 25.2 Å². The van der Waals surface area contributed by atoms with Gasteiger partial charge >= 0.3 is 5.97 Å². The SMILES string of the molecule is CC(C)NS(=O)(=O)c1ccc(NC(=O)C(C)OC(=O)c2csc3c2CCCC3)cc1. The van der Waals surface area contributed by atoms with Gasteiger partial charge in [-0.15, -0.1) is 11.3 Å². The molecule has 1 unspecified atom stereocenters. The van der Waals surface area contributed by atoms with E-state index in [2.05, 4.69) is 10.0 Å². The summed E-state index contributed by atoms with van der Waals surface area (Å²) in [5, 5.41) is 4.46. The van der Waals surface area contributed by atoms with Crippen molar-refractivity contribution in [3.63, 3.8) is 0 Å². The van der Waals surface area contributed by atoms with Crippen molar-refractivity contribution < 1.29 is 22.7 Å². The van der Waals surface area contributed by atoms with Crippen LogP contribution in [-0.2, 0) is 32.4 Å². The molecule has 0 bridgehead atoms. The molecule has 1 aliphatic carbocycles. The van der Waals surface area contributed by atoms with Gasteiger partial charge in [-0.3, -0.25) is 4.79 Å². The highest BCUT2D eigenvalue weighted by Crippen LogP contribution is 2.30. The fourth-order valence-electron chi connectivity index (χ4n) is 3.28. The van der Waals surface area contributed by atoms with Gasteiger partial charge in [-0.2, -0.15) is 0 Å². The quantitative estimate of drug-likeness (QED) is 0.629. The monoisotopic (exact) mass is 450 g/mol. The summed E-state index contributed by atoms with van der Waals surface area (Å²) in [6.07, 6.45) is 3.06. The third kappa shape index (κ3) is 5.27. The van der Waals surface area contributed by atoms with Gasteiger partial charge in [0.15, 0.2) is 6.10 Å². The maximum absolute atomic E-state index is 12.5. The Bertz CT molecular complexity index is 1030. The number of sulfonamides is 1. The summed E-state index contributed by atoms with van der Waals surface area (Å²) in [7, 11) is -3.60. The average Bonchev–Trinajstić information content (AvgIpc) is 3.11. The van der Waals surface area contributed by atoms with E-state index in [-0.39, 0.29) is 10.9 Å². The van der Waals surface area contributed by atoms with Crippen LogP contribution in [0.15, 0.2) is 34.5 Å². The molecule has 30 heavy (non-hydrogen) atoms. The Hall–Kier alpha value is -2.23. The number of aryl methyl sites for hydroxylation is 1. The van der Waals surface area contributed by atoms with E-state index in [1.807, 2.05) is 5.38 Å². The fraction of sp³-hybridized carbons (Fsp3) is 0.429. The van der Waals surface area contributed by atoms with Crippen molar-refractivity contribution >= 4 is 38.9 Å². The molecule has 0 aliphatic heterocycles. The Morgan fingerprint density at radius 1 is 1.07 bits per heavy atom. The molecule has 2 N–H and O–H groups in total. The number of carbonyl (C=O) groups is 2. The van der Waals surface area contributed by atoms with Crippen molar-refractivity contribution in [1.29, 1.82) is 0 Å². The van der Waals surface area contributed by atoms with Crippen LogP contribution < -0.4 is 10.0 Å². The summed E-state index contributed by atoms with van der Waals surface area (Å²) in [5.74, 6) is -0.971. The van der Waals surface area contributed by atoms with Crippen molar-refractivity contribution in [1.82, 2.24) is 4.72 Å². The molecular formula is C21H26N2O5S2. The minimum Gasteiger partial charge on any atom is -0.449 e. The number of amides is 1. The standard InChI is InChI=1S/C21H26N2O5S2/c1-13(2)23-30(26,27)16-10-8-15(9-11-16)22-20(24)14(3)28-21(25)18-12-29-19-7-5-4-6-17(18)19/h8-14,23H,4-7H2,1-3H3,(H,22,24). The van der Waals surface area contributed by atoms with Crippen LogP contribution in [0.3, 0.4) is 0 Å². The van der Waals surface area contributed by atoms with Gasteiger partial charge in [0.05, 0.1) is 10.5 Å². The van der Waals surface area contributed by atoms with E-state index >= 15 is 0 Å². The van der Waals surface area contributed by atoms with Crippen LogP contribution in [0.5, 0.6) is 0 Å². The summed E-state index contributed by atoms with van der Waals surface area (Å²) in [6, 6.07) is 5.59. The summed E-state index contributed by atoms with van der Waals surface area (Å²) >= 11 is 1.57. The Balaban J connectivity index is 1.60. The summed E-state index contributed by atoms with van der Waals surface area (Å²) in [4.78, 5) is 26.3. The van der Waals surface area contributed by atoms with Gasteiger partial charge in [0.1, 0.15) is 0 Å². The van der Waals surface area contributed by atoms with E-state index in [9.17, 15) is 18.0 Å². The van der Waals surface area contributed by atoms with E-state index in [0.717, 1.165) is 31.2 Å². The normalized spacial score (nSPS) is 14.8. The van der Waals surface area contributed by atoms with Crippen LogP contribution in [0, 0.1) is 0 Å². The molecule has 1 aromatic heterocycles. The zero-order chi connectivity index (χ0) is 21.9. The van der Waals surface area contributed by atoms with Gasteiger partial charge in [0.2, 0.25) is 10.0 Å². The molecule has 1 amide bonds. The highest BCUT2D eigenvalue weighted by atomic mass is 32.2. The van der Waals surface area contributed by atoms with Crippen molar-refractivity contribution in [3.8, 4) is 0 Å². The second-order valence-electron chi connectivity index (χ2n) is 7.60. The first-order valence-electron chi connectivity index (χ1n) is 9.91. The van der Waals surface area contributed by atoms with Gasteiger partial charge in [0, 0.05) is 22.0 Å². The molecule has 0 fully saturated rings. The first kappa shape index (κ1) is 22.5. The van der Waals surface area contributed by atoms with Gasteiger partial charge in [-0.25, -0.2) is 17.9 Å². The highest BCUT2D eigenvalue weighted by Gasteiger charge is 2.25. The number of anilines is 1. The van der Waals surface area contributed by atoms with Crippen LogP contribution in [0.2, 0.25) is 0 Å². The van der Waals surface area contributed by atoms with E-state index in [1.165, 1.54) is 36.1 Å². The largest absolute Gasteiger partial charge is 0.449 e. The number of thiophene rings is 1. The summed E-state index contributed by atoms with van der Waals surface area (Å²) in [6.45, 7) is 4.99. The van der Waals surface area contributed by atoms with Crippen LogP contribution in [-0.4, -0.2) is 32.4 Å². The molecule has 2 aromatic rings. The third-order valence-electron chi connectivity index (χ3n) is 4.76. The van der Waals surface area contributed by atoms with Gasteiger partial charge in [-0.05, 0) is 76.3 Å². The summed E-state index contributed by atoms with van der Waals surface area (Å²) < 4.78 is 32.2. The van der Waals surface area contributed by atoms with Crippen molar-refractivity contribution in [3.05, 3.63) is 45.6 Å². The predicted molar refractivity (Wildman–Crippen MR) is 116 cm³/mol. The number of esters is 1. The Labute approximate surface area is 180 Å². The lowest BCUT2D eigenvalue weighted by Gasteiger charge is -2.16. The fourth-order valence-corrected chi connectivity index (χ4v) is 5.65.